The molecule has 0 aliphatic carbocycles. The molecule has 0 spiro atoms. The molecule has 1 aromatic rings. The molecule has 19 heavy (non-hydrogen) atoms. The van der Waals surface area contributed by atoms with E-state index in [1.54, 1.807) is 0 Å². The number of carbonyl (C=O) groups excluding carboxylic acids is 1. The van der Waals surface area contributed by atoms with Crippen molar-refractivity contribution in [1.29, 1.82) is 0 Å². The molecule has 0 amide bonds. The molecule has 1 atom stereocenters. The molecule has 1 aromatic carbocycles. The van der Waals surface area contributed by atoms with Crippen LogP contribution in [0.15, 0.2) is 29.2 Å². The molecule has 1 unspecified atom stereocenters. The lowest BCUT2D eigenvalue weighted by Crippen LogP contribution is -2.49. The molecule has 1 aliphatic heterocycles. The normalized spacial score (nSPS) is 20.3. The van der Waals surface area contributed by atoms with Crippen LogP contribution in [0.3, 0.4) is 0 Å². The van der Waals surface area contributed by atoms with Gasteiger partial charge in [0.2, 0.25) is 5.12 Å². The first-order valence-electron chi connectivity index (χ1n) is 6.61. The second-order valence-corrected chi connectivity index (χ2v) is 6.53. The van der Waals surface area contributed by atoms with Gasteiger partial charge in [0.1, 0.15) is 0 Å². The van der Waals surface area contributed by atoms with Crippen LogP contribution in [0.4, 0.5) is 0 Å². The Morgan fingerprint density at radius 3 is 2.63 bits per heavy atom. The zero-order valence-corrected chi connectivity index (χ0v) is 12.5. The van der Waals surface area contributed by atoms with Gasteiger partial charge in [0.15, 0.2) is 0 Å². The van der Waals surface area contributed by atoms with E-state index < -0.39 is 5.41 Å². The minimum Gasteiger partial charge on any atom is -0.375 e. The lowest BCUT2D eigenvalue weighted by atomic mass is 9.87. The number of hydrogen-bond donors (Lipinski definition) is 1. The van der Waals surface area contributed by atoms with E-state index >= 15 is 0 Å². The fraction of sp³-hybridized carbons (Fsp3) is 0.533. The molecule has 104 valence electrons. The molecule has 2 rings (SSSR count). The highest BCUT2D eigenvalue weighted by molar-refractivity contribution is 8.13. The molecular formula is C15H21NO2S. The maximum atomic E-state index is 12.5. The minimum absolute atomic E-state index is 0.0494. The number of morpholine rings is 1. The molecule has 0 bridgehead atoms. The van der Waals surface area contributed by atoms with Crippen LogP contribution in [0.5, 0.6) is 0 Å². The topological polar surface area (TPSA) is 38.3 Å². The third-order valence-electron chi connectivity index (χ3n) is 3.49. The molecule has 1 heterocycles. The van der Waals surface area contributed by atoms with Crippen molar-refractivity contribution >= 4 is 16.9 Å². The van der Waals surface area contributed by atoms with E-state index in [-0.39, 0.29) is 11.2 Å². The standard InChI is InChI=1S/C15H21NO2S/c1-11-4-6-12(7-5-11)19-14(17)15(2,3)13-10-16-8-9-18-13/h4-7,13,16H,8-10H2,1-3H3. The Labute approximate surface area is 119 Å². The molecular weight excluding hydrogens is 258 g/mol. The Bertz CT molecular complexity index is 436. The molecule has 1 N–H and O–H groups in total. The van der Waals surface area contributed by atoms with Gasteiger partial charge in [-0.05, 0) is 32.9 Å². The third kappa shape index (κ3) is 3.59. The molecule has 0 aromatic heterocycles. The number of rotatable bonds is 3. The summed E-state index contributed by atoms with van der Waals surface area (Å²) in [6.45, 7) is 8.26. The summed E-state index contributed by atoms with van der Waals surface area (Å²) in [6.07, 6.45) is -0.0494. The molecule has 4 heteroatoms. The van der Waals surface area contributed by atoms with Crippen molar-refractivity contribution in [1.82, 2.24) is 5.32 Å². The third-order valence-corrected chi connectivity index (χ3v) is 4.71. The fourth-order valence-corrected chi connectivity index (χ4v) is 2.89. The van der Waals surface area contributed by atoms with E-state index in [1.807, 2.05) is 45.0 Å². The number of carbonyl (C=O) groups is 1. The maximum Gasteiger partial charge on any atom is 0.201 e. The van der Waals surface area contributed by atoms with E-state index in [9.17, 15) is 4.79 Å². The molecule has 1 saturated heterocycles. The van der Waals surface area contributed by atoms with E-state index in [1.165, 1.54) is 17.3 Å². The van der Waals surface area contributed by atoms with Crippen LogP contribution in [0.2, 0.25) is 0 Å². The molecule has 3 nitrogen and oxygen atoms in total. The Balaban J connectivity index is 2.03. The Morgan fingerprint density at radius 1 is 1.37 bits per heavy atom. The predicted octanol–water partition coefficient (Wildman–Crippen LogP) is 2.63. The highest BCUT2D eigenvalue weighted by Crippen LogP contribution is 2.34. The van der Waals surface area contributed by atoms with E-state index in [2.05, 4.69) is 5.32 Å². The average Bonchev–Trinajstić information content (AvgIpc) is 2.42. The van der Waals surface area contributed by atoms with Crippen molar-refractivity contribution < 1.29 is 9.53 Å². The lowest BCUT2D eigenvalue weighted by molar-refractivity contribution is -0.128. The maximum absolute atomic E-state index is 12.5. The zero-order chi connectivity index (χ0) is 13.9. The van der Waals surface area contributed by atoms with Crippen molar-refractivity contribution in [3.8, 4) is 0 Å². The molecule has 1 fully saturated rings. The highest BCUT2D eigenvalue weighted by Gasteiger charge is 2.38. The summed E-state index contributed by atoms with van der Waals surface area (Å²) in [6, 6.07) is 8.05. The van der Waals surface area contributed by atoms with Gasteiger partial charge in [0, 0.05) is 18.0 Å². The monoisotopic (exact) mass is 279 g/mol. The Hall–Kier alpha value is -0.840. The van der Waals surface area contributed by atoms with Gasteiger partial charge in [0.05, 0.1) is 18.1 Å². The van der Waals surface area contributed by atoms with Crippen molar-refractivity contribution in [3.05, 3.63) is 29.8 Å². The number of aryl methyl sites for hydroxylation is 1. The minimum atomic E-state index is -0.483. The van der Waals surface area contributed by atoms with Crippen LogP contribution in [0, 0.1) is 12.3 Å². The quantitative estimate of drug-likeness (QED) is 0.863. The summed E-state index contributed by atoms with van der Waals surface area (Å²) in [7, 11) is 0. The average molecular weight is 279 g/mol. The largest absolute Gasteiger partial charge is 0.375 e. The second-order valence-electron chi connectivity index (χ2n) is 5.49. The first-order chi connectivity index (χ1) is 9.00. The fourth-order valence-electron chi connectivity index (χ4n) is 2.01. The smallest absolute Gasteiger partial charge is 0.201 e. The number of nitrogens with one attached hydrogen (secondary N) is 1. The van der Waals surface area contributed by atoms with Crippen molar-refractivity contribution in [2.75, 3.05) is 19.7 Å². The first kappa shape index (κ1) is 14.6. The van der Waals surface area contributed by atoms with Crippen LogP contribution < -0.4 is 5.32 Å². The SMILES string of the molecule is Cc1ccc(SC(=O)C(C)(C)C2CNCCO2)cc1. The van der Waals surface area contributed by atoms with Crippen molar-refractivity contribution in [3.63, 3.8) is 0 Å². The predicted molar refractivity (Wildman–Crippen MR) is 78.4 cm³/mol. The van der Waals surface area contributed by atoms with Crippen LogP contribution in [-0.4, -0.2) is 30.9 Å². The van der Waals surface area contributed by atoms with Gasteiger partial charge >= 0.3 is 0 Å². The highest BCUT2D eigenvalue weighted by atomic mass is 32.2. The lowest BCUT2D eigenvalue weighted by Gasteiger charge is -2.35. The zero-order valence-electron chi connectivity index (χ0n) is 11.7. The van der Waals surface area contributed by atoms with Crippen LogP contribution >= 0.6 is 11.8 Å². The van der Waals surface area contributed by atoms with Gasteiger partial charge in [-0.15, -0.1) is 0 Å². The van der Waals surface area contributed by atoms with Crippen molar-refractivity contribution in [2.24, 2.45) is 5.41 Å². The van der Waals surface area contributed by atoms with E-state index in [4.69, 9.17) is 4.74 Å². The Kier molecular flexibility index (Phi) is 4.66. The second kappa shape index (κ2) is 6.07. The van der Waals surface area contributed by atoms with E-state index in [0.717, 1.165) is 18.0 Å². The molecule has 1 aliphatic rings. The number of hydrogen-bond acceptors (Lipinski definition) is 4. The molecule has 0 radical (unpaired) electrons. The number of benzene rings is 1. The van der Waals surface area contributed by atoms with E-state index in [0.29, 0.717) is 6.61 Å². The number of ether oxygens (including phenoxy) is 1. The molecule has 0 saturated carbocycles. The Morgan fingerprint density at radius 2 is 2.05 bits per heavy atom. The van der Waals surface area contributed by atoms with Crippen LogP contribution in [-0.2, 0) is 9.53 Å². The summed E-state index contributed by atoms with van der Waals surface area (Å²) in [4.78, 5) is 13.5. The summed E-state index contributed by atoms with van der Waals surface area (Å²) < 4.78 is 5.72. The van der Waals surface area contributed by atoms with Gasteiger partial charge in [-0.1, -0.05) is 29.5 Å². The summed E-state index contributed by atoms with van der Waals surface area (Å²) >= 11 is 1.31. The van der Waals surface area contributed by atoms with Crippen LogP contribution in [0.1, 0.15) is 19.4 Å². The first-order valence-corrected chi connectivity index (χ1v) is 7.43. The number of thioether (sulfide) groups is 1. The summed E-state index contributed by atoms with van der Waals surface area (Å²) in [5, 5.41) is 3.44. The van der Waals surface area contributed by atoms with Gasteiger partial charge < -0.3 is 10.1 Å². The van der Waals surface area contributed by atoms with Crippen molar-refractivity contribution in [2.45, 2.75) is 31.8 Å². The summed E-state index contributed by atoms with van der Waals surface area (Å²) in [5.74, 6) is 0. The van der Waals surface area contributed by atoms with Crippen LogP contribution in [0.25, 0.3) is 0 Å². The van der Waals surface area contributed by atoms with Gasteiger partial charge in [-0.3, -0.25) is 4.79 Å². The van der Waals surface area contributed by atoms with Gasteiger partial charge in [-0.25, -0.2) is 0 Å². The summed E-state index contributed by atoms with van der Waals surface area (Å²) in [5.41, 5.74) is 0.721. The van der Waals surface area contributed by atoms with Gasteiger partial charge in [-0.2, -0.15) is 0 Å². The van der Waals surface area contributed by atoms with Gasteiger partial charge in [0.25, 0.3) is 0 Å².